The molecule has 1 spiro atoms. The Balaban J connectivity index is 1.98. The van der Waals surface area contributed by atoms with Crippen LogP contribution in [0.1, 0.15) is 57.1 Å². The molecule has 1 aromatic carbocycles. The summed E-state index contributed by atoms with van der Waals surface area (Å²) in [6, 6.07) is 8.74. The molecule has 1 amide bonds. The lowest BCUT2D eigenvalue weighted by Crippen LogP contribution is -2.59. The highest BCUT2D eigenvalue weighted by atomic mass is 16.2. The second kappa shape index (κ2) is 7.04. The fraction of sp³-hybridized carbons (Fsp3) is 0.650. The summed E-state index contributed by atoms with van der Waals surface area (Å²) < 4.78 is 0. The SMILES string of the molecule is CCCC(=O)N1Cc2ccccc2CC2(CCCCN2CC)C1. The Morgan fingerprint density at radius 1 is 1.17 bits per heavy atom. The molecule has 3 nitrogen and oxygen atoms in total. The van der Waals surface area contributed by atoms with Crippen molar-refractivity contribution in [3.8, 4) is 0 Å². The van der Waals surface area contributed by atoms with Crippen molar-refractivity contribution in [1.29, 1.82) is 0 Å². The second-order valence-corrected chi connectivity index (χ2v) is 7.21. The molecular formula is C20H30N2O. The highest BCUT2D eigenvalue weighted by Crippen LogP contribution is 2.36. The number of hydrogen-bond acceptors (Lipinski definition) is 2. The van der Waals surface area contributed by atoms with Crippen LogP contribution in [0, 0.1) is 0 Å². The van der Waals surface area contributed by atoms with Gasteiger partial charge >= 0.3 is 0 Å². The molecule has 0 aliphatic carbocycles. The third-order valence-electron chi connectivity index (χ3n) is 5.67. The van der Waals surface area contributed by atoms with Gasteiger partial charge in [0.15, 0.2) is 0 Å². The lowest BCUT2D eigenvalue weighted by atomic mass is 9.81. The number of amides is 1. The van der Waals surface area contributed by atoms with Crippen LogP contribution < -0.4 is 0 Å². The zero-order valence-electron chi connectivity index (χ0n) is 14.7. The highest BCUT2D eigenvalue weighted by Gasteiger charge is 2.42. The minimum absolute atomic E-state index is 0.142. The monoisotopic (exact) mass is 314 g/mol. The zero-order chi connectivity index (χ0) is 16.3. The van der Waals surface area contributed by atoms with Gasteiger partial charge in [0.1, 0.15) is 0 Å². The van der Waals surface area contributed by atoms with Gasteiger partial charge in [-0.05, 0) is 49.9 Å². The summed E-state index contributed by atoms with van der Waals surface area (Å²) in [4.78, 5) is 17.5. The van der Waals surface area contributed by atoms with E-state index in [1.807, 2.05) is 0 Å². The first-order valence-corrected chi connectivity index (χ1v) is 9.28. The standard InChI is InChI=1S/C20H30N2O/c1-3-9-19(23)21-15-18-11-6-5-10-17(18)14-20(16-21)12-7-8-13-22(20)4-2/h5-6,10-11H,3-4,7-9,12-16H2,1-2H3. The number of likely N-dealkylation sites (N-methyl/N-ethyl adjacent to an activating group) is 1. The van der Waals surface area contributed by atoms with Gasteiger partial charge in [0.2, 0.25) is 5.91 Å². The third-order valence-corrected chi connectivity index (χ3v) is 5.67. The largest absolute Gasteiger partial charge is 0.336 e. The molecule has 2 aliphatic heterocycles. The van der Waals surface area contributed by atoms with Crippen LogP contribution in [-0.4, -0.2) is 40.9 Å². The van der Waals surface area contributed by atoms with Crippen molar-refractivity contribution < 1.29 is 4.79 Å². The predicted octanol–water partition coefficient (Wildman–Crippen LogP) is 3.62. The van der Waals surface area contributed by atoms with Gasteiger partial charge < -0.3 is 4.90 Å². The number of fused-ring (bicyclic) bond motifs is 1. The second-order valence-electron chi connectivity index (χ2n) is 7.21. The summed E-state index contributed by atoms with van der Waals surface area (Å²) >= 11 is 0. The molecule has 3 heteroatoms. The average molecular weight is 314 g/mol. The molecule has 0 aromatic heterocycles. The van der Waals surface area contributed by atoms with E-state index in [1.54, 1.807) is 0 Å². The average Bonchev–Trinajstić information content (AvgIpc) is 2.72. The molecule has 1 unspecified atom stereocenters. The minimum atomic E-state index is 0.142. The van der Waals surface area contributed by atoms with Crippen molar-refractivity contribution in [2.24, 2.45) is 0 Å². The van der Waals surface area contributed by atoms with Crippen LogP contribution in [0.25, 0.3) is 0 Å². The number of rotatable bonds is 3. The van der Waals surface area contributed by atoms with Gasteiger partial charge in [0, 0.05) is 25.0 Å². The Hall–Kier alpha value is -1.35. The van der Waals surface area contributed by atoms with Crippen LogP contribution in [-0.2, 0) is 17.8 Å². The fourth-order valence-electron chi connectivity index (χ4n) is 4.48. The number of nitrogens with zero attached hydrogens (tertiary/aromatic N) is 2. The Morgan fingerprint density at radius 2 is 1.96 bits per heavy atom. The van der Waals surface area contributed by atoms with E-state index >= 15 is 0 Å². The maximum Gasteiger partial charge on any atom is 0.222 e. The number of hydrogen-bond donors (Lipinski definition) is 0. The molecule has 0 bridgehead atoms. The lowest BCUT2D eigenvalue weighted by molar-refractivity contribution is -0.134. The van der Waals surface area contributed by atoms with Crippen LogP contribution in [0.5, 0.6) is 0 Å². The number of piperidine rings is 1. The van der Waals surface area contributed by atoms with Gasteiger partial charge in [-0.1, -0.05) is 44.5 Å². The van der Waals surface area contributed by atoms with Gasteiger partial charge in [-0.15, -0.1) is 0 Å². The van der Waals surface area contributed by atoms with Gasteiger partial charge in [-0.2, -0.15) is 0 Å². The van der Waals surface area contributed by atoms with Crippen LogP contribution in [0.3, 0.4) is 0 Å². The van der Waals surface area contributed by atoms with Crippen molar-refractivity contribution in [3.05, 3.63) is 35.4 Å². The third kappa shape index (κ3) is 3.30. The first-order chi connectivity index (χ1) is 11.2. The van der Waals surface area contributed by atoms with Crippen LogP contribution in [0.4, 0.5) is 0 Å². The molecule has 126 valence electrons. The van der Waals surface area contributed by atoms with Crippen LogP contribution in [0.15, 0.2) is 24.3 Å². The van der Waals surface area contributed by atoms with E-state index in [0.717, 1.165) is 32.5 Å². The van der Waals surface area contributed by atoms with Crippen molar-refractivity contribution in [1.82, 2.24) is 9.80 Å². The van der Waals surface area contributed by atoms with E-state index < -0.39 is 0 Å². The number of carbonyl (C=O) groups is 1. The number of likely N-dealkylation sites (tertiary alicyclic amines) is 1. The zero-order valence-corrected chi connectivity index (χ0v) is 14.7. The molecular weight excluding hydrogens is 284 g/mol. The molecule has 2 aliphatic rings. The van der Waals surface area contributed by atoms with E-state index in [0.29, 0.717) is 12.3 Å². The summed E-state index contributed by atoms with van der Waals surface area (Å²) in [5, 5.41) is 0. The molecule has 23 heavy (non-hydrogen) atoms. The van der Waals surface area contributed by atoms with Crippen molar-refractivity contribution in [2.45, 2.75) is 64.5 Å². The smallest absolute Gasteiger partial charge is 0.222 e. The summed E-state index contributed by atoms with van der Waals surface area (Å²) in [6.45, 7) is 8.30. The normalized spacial score (nSPS) is 25.2. The van der Waals surface area contributed by atoms with Gasteiger partial charge in [-0.25, -0.2) is 0 Å². The molecule has 3 rings (SSSR count). The molecule has 0 radical (unpaired) electrons. The first-order valence-electron chi connectivity index (χ1n) is 9.28. The lowest BCUT2D eigenvalue weighted by Gasteiger charge is -2.48. The molecule has 1 aromatic rings. The summed E-state index contributed by atoms with van der Waals surface area (Å²) in [7, 11) is 0. The van der Waals surface area contributed by atoms with Crippen LogP contribution >= 0.6 is 0 Å². The topological polar surface area (TPSA) is 23.6 Å². The van der Waals surface area contributed by atoms with E-state index in [1.165, 1.54) is 36.9 Å². The number of benzene rings is 1. The van der Waals surface area contributed by atoms with Gasteiger partial charge in [0.05, 0.1) is 0 Å². The minimum Gasteiger partial charge on any atom is -0.336 e. The maximum atomic E-state index is 12.7. The van der Waals surface area contributed by atoms with Gasteiger partial charge in [-0.3, -0.25) is 9.69 Å². The molecule has 2 heterocycles. The van der Waals surface area contributed by atoms with E-state index in [2.05, 4.69) is 47.9 Å². The molecule has 1 saturated heterocycles. The summed E-state index contributed by atoms with van der Waals surface area (Å²) in [5.74, 6) is 0.324. The molecule has 1 fully saturated rings. The van der Waals surface area contributed by atoms with E-state index in [-0.39, 0.29) is 5.54 Å². The van der Waals surface area contributed by atoms with Gasteiger partial charge in [0.25, 0.3) is 0 Å². The van der Waals surface area contributed by atoms with Crippen molar-refractivity contribution in [2.75, 3.05) is 19.6 Å². The van der Waals surface area contributed by atoms with Crippen molar-refractivity contribution in [3.63, 3.8) is 0 Å². The summed E-state index contributed by atoms with van der Waals surface area (Å²) in [6.07, 6.45) is 6.48. The van der Waals surface area contributed by atoms with E-state index in [9.17, 15) is 4.79 Å². The quantitative estimate of drug-likeness (QED) is 0.851. The molecule has 0 N–H and O–H groups in total. The predicted molar refractivity (Wildman–Crippen MR) is 94.3 cm³/mol. The summed E-state index contributed by atoms with van der Waals surface area (Å²) in [5.41, 5.74) is 2.93. The molecule has 0 saturated carbocycles. The Labute approximate surface area is 140 Å². The molecule has 1 atom stereocenters. The fourth-order valence-corrected chi connectivity index (χ4v) is 4.48. The first kappa shape index (κ1) is 16.5. The maximum absolute atomic E-state index is 12.7. The Kier molecular flexibility index (Phi) is 5.05. The Morgan fingerprint density at radius 3 is 2.70 bits per heavy atom. The number of carbonyl (C=O) groups excluding carboxylic acids is 1. The Bertz CT molecular complexity index is 556. The van der Waals surface area contributed by atoms with E-state index in [4.69, 9.17) is 0 Å². The van der Waals surface area contributed by atoms with Crippen molar-refractivity contribution >= 4 is 5.91 Å². The highest BCUT2D eigenvalue weighted by molar-refractivity contribution is 5.76. The van der Waals surface area contributed by atoms with Crippen LogP contribution in [0.2, 0.25) is 0 Å².